The zero-order chi connectivity index (χ0) is 12.3. The number of ether oxygens (including phenoxy) is 1. The minimum Gasteiger partial charge on any atom is -0.378 e. The van der Waals surface area contributed by atoms with Gasteiger partial charge in [-0.1, -0.05) is 28.1 Å². The maximum Gasteiger partial charge on any atom is 0.124 e. The second kappa shape index (κ2) is 5.73. The lowest BCUT2D eigenvalue weighted by molar-refractivity contribution is 0.181. The molecule has 0 spiro atoms. The zero-order valence-corrected chi connectivity index (χ0v) is 11.8. The van der Waals surface area contributed by atoms with Crippen LogP contribution in [0.1, 0.15) is 10.6 Å². The van der Waals surface area contributed by atoms with Gasteiger partial charge in [0.2, 0.25) is 0 Å². The van der Waals surface area contributed by atoms with Crippen LogP contribution in [0.4, 0.5) is 0 Å². The Labute approximate surface area is 113 Å². The van der Waals surface area contributed by atoms with E-state index >= 15 is 0 Å². The Morgan fingerprint density at radius 3 is 2.65 bits per heavy atom. The van der Waals surface area contributed by atoms with Crippen LogP contribution in [0.15, 0.2) is 28.7 Å². The standard InChI is InChI=1S/C12H13BrN2OS/c1-16-7-10-11(6-14)17-12(15-10)8-2-4-9(13)5-3-8/h2-5H,6-7,14H2,1H3. The topological polar surface area (TPSA) is 48.1 Å². The Hall–Kier alpha value is -0.750. The van der Waals surface area contributed by atoms with Crippen molar-refractivity contribution in [2.45, 2.75) is 13.2 Å². The molecule has 2 N–H and O–H groups in total. The highest BCUT2D eigenvalue weighted by molar-refractivity contribution is 9.10. The Bertz CT molecular complexity index is 496. The van der Waals surface area contributed by atoms with Gasteiger partial charge in [-0.3, -0.25) is 0 Å². The monoisotopic (exact) mass is 312 g/mol. The molecule has 0 atom stereocenters. The maximum absolute atomic E-state index is 5.70. The third kappa shape index (κ3) is 2.93. The fraction of sp³-hybridized carbons (Fsp3) is 0.250. The van der Waals surface area contributed by atoms with E-state index in [1.54, 1.807) is 18.4 Å². The average Bonchev–Trinajstić information content (AvgIpc) is 2.74. The van der Waals surface area contributed by atoms with E-state index in [-0.39, 0.29) is 0 Å². The van der Waals surface area contributed by atoms with Crippen LogP contribution in [0, 0.1) is 0 Å². The van der Waals surface area contributed by atoms with Crippen molar-refractivity contribution in [3.63, 3.8) is 0 Å². The van der Waals surface area contributed by atoms with E-state index in [0.717, 1.165) is 25.6 Å². The van der Waals surface area contributed by atoms with Gasteiger partial charge in [-0.15, -0.1) is 11.3 Å². The molecule has 0 saturated carbocycles. The molecule has 1 aromatic heterocycles. The molecule has 2 rings (SSSR count). The molecule has 0 unspecified atom stereocenters. The van der Waals surface area contributed by atoms with Gasteiger partial charge >= 0.3 is 0 Å². The van der Waals surface area contributed by atoms with E-state index in [2.05, 4.69) is 20.9 Å². The number of hydrogen-bond acceptors (Lipinski definition) is 4. The number of nitrogens with two attached hydrogens (primary N) is 1. The van der Waals surface area contributed by atoms with Gasteiger partial charge in [0.15, 0.2) is 0 Å². The molecule has 1 heterocycles. The Balaban J connectivity index is 2.35. The van der Waals surface area contributed by atoms with Crippen LogP contribution in [0.3, 0.4) is 0 Å². The van der Waals surface area contributed by atoms with Crippen molar-refractivity contribution < 1.29 is 4.74 Å². The molecule has 0 bridgehead atoms. The summed E-state index contributed by atoms with van der Waals surface area (Å²) in [5, 5.41) is 0.991. The predicted molar refractivity (Wildman–Crippen MR) is 73.9 cm³/mol. The molecule has 3 nitrogen and oxygen atoms in total. The Morgan fingerprint density at radius 2 is 2.06 bits per heavy atom. The highest BCUT2D eigenvalue weighted by atomic mass is 79.9. The number of halogens is 1. The average molecular weight is 313 g/mol. The molecule has 2 aromatic rings. The summed E-state index contributed by atoms with van der Waals surface area (Å²) in [6.07, 6.45) is 0. The van der Waals surface area contributed by atoms with Crippen molar-refractivity contribution >= 4 is 27.3 Å². The fourth-order valence-corrected chi connectivity index (χ4v) is 2.72. The van der Waals surface area contributed by atoms with Crippen molar-refractivity contribution in [2.75, 3.05) is 7.11 Å². The van der Waals surface area contributed by atoms with Crippen LogP contribution in [0.25, 0.3) is 10.6 Å². The minimum absolute atomic E-state index is 0.507. The van der Waals surface area contributed by atoms with Crippen molar-refractivity contribution in [1.82, 2.24) is 4.98 Å². The van der Waals surface area contributed by atoms with Crippen LogP contribution in [-0.4, -0.2) is 12.1 Å². The van der Waals surface area contributed by atoms with Gasteiger partial charge in [-0.05, 0) is 12.1 Å². The van der Waals surface area contributed by atoms with Crippen molar-refractivity contribution in [2.24, 2.45) is 5.73 Å². The minimum atomic E-state index is 0.507. The van der Waals surface area contributed by atoms with Crippen molar-refractivity contribution in [3.05, 3.63) is 39.3 Å². The van der Waals surface area contributed by atoms with Gasteiger partial charge in [0.1, 0.15) is 5.01 Å². The lowest BCUT2D eigenvalue weighted by Crippen LogP contribution is -1.99. The molecular weight excluding hydrogens is 300 g/mol. The number of aromatic nitrogens is 1. The summed E-state index contributed by atoms with van der Waals surface area (Å²) in [5.41, 5.74) is 7.75. The fourth-order valence-electron chi connectivity index (χ4n) is 1.51. The van der Waals surface area contributed by atoms with Crippen LogP contribution < -0.4 is 5.73 Å². The summed E-state index contributed by atoms with van der Waals surface area (Å²) < 4.78 is 6.18. The lowest BCUT2D eigenvalue weighted by Gasteiger charge is -1.96. The van der Waals surface area contributed by atoms with Gasteiger partial charge in [-0.2, -0.15) is 0 Å². The first-order valence-electron chi connectivity index (χ1n) is 5.18. The van der Waals surface area contributed by atoms with Gasteiger partial charge in [0, 0.05) is 28.6 Å². The largest absolute Gasteiger partial charge is 0.378 e. The molecule has 0 fully saturated rings. The number of nitrogens with zero attached hydrogens (tertiary/aromatic N) is 1. The Kier molecular flexibility index (Phi) is 4.28. The number of thiazole rings is 1. The first-order chi connectivity index (χ1) is 8.24. The molecule has 5 heteroatoms. The molecule has 0 amide bonds. The van der Waals surface area contributed by atoms with Gasteiger partial charge in [0.25, 0.3) is 0 Å². The molecule has 0 radical (unpaired) electrons. The van der Waals surface area contributed by atoms with E-state index in [1.165, 1.54) is 0 Å². The van der Waals surface area contributed by atoms with Crippen molar-refractivity contribution in [1.29, 1.82) is 0 Å². The molecule has 0 aliphatic rings. The van der Waals surface area contributed by atoms with Crippen LogP contribution in [-0.2, 0) is 17.9 Å². The SMILES string of the molecule is COCc1nc(-c2ccc(Br)cc2)sc1CN. The van der Waals surface area contributed by atoms with Crippen molar-refractivity contribution in [3.8, 4) is 10.6 Å². The second-order valence-corrected chi connectivity index (χ2v) is 5.53. The third-order valence-electron chi connectivity index (χ3n) is 2.34. The normalized spacial score (nSPS) is 10.8. The molecule has 0 saturated heterocycles. The number of benzene rings is 1. The molecule has 17 heavy (non-hydrogen) atoms. The first kappa shape index (κ1) is 12.7. The van der Waals surface area contributed by atoms with E-state index < -0.39 is 0 Å². The highest BCUT2D eigenvalue weighted by Crippen LogP contribution is 2.29. The van der Waals surface area contributed by atoms with E-state index in [0.29, 0.717) is 13.2 Å². The van der Waals surface area contributed by atoms with E-state index in [9.17, 15) is 0 Å². The van der Waals surface area contributed by atoms with Gasteiger partial charge in [0.05, 0.1) is 12.3 Å². The summed E-state index contributed by atoms with van der Waals surface area (Å²) in [7, 11) is 1.67. The number of rotatable bonds is 4. The number of hydrogen-bond donors (Lipinski definition) is 1. The maximum atomic E-state index is 5.70. The molecule has 0 aliphatic heterocycles. The molecular formula is C12H13BrN2OS. The molecule has 1 aromatic carbocycles. The first-order valence-corrected chi connectivity index (χ1v) is 6.79. The summed E-state index contributed by atoms with van der Waals surface area (Å²) in [4.78, 5) is 5.66. The Morgan fingerprint density at radius 1 is 1.35 bits per heavy atom. The van der Waals surface area contributed by atoms with Crippen LogP contribution >= 0.6 is 27.3 Å². The quantitative estimate of drug-likeness (QED) is 0.943. The van der Waals surface area contributed by atoms with Crippen LogP contribution in [0.2, 0.25) is 0 Å². The smallest absolute Gasteiger partial charge is 0.124 e. The molecule has 0 aliphatic carbocycles. The summed E-state index contributed by atoms with van der Waals surface area (Å²) in [6, 6.07) is 8.10. The van der Waals surface area contributed by atoms with Gasteiger partial charge in [-0.25, -0.2) is 4.98 Å². The van der Waals surface area contributed by atoms with Gasteiger partial charge < -0.3 is 10.5 Å². The lowest BCUT2D eigenvalue weighted by atomic mass is 10.2. The van der Waals surface area contributed by atoms with E-state index in [1.807, 2.05) is 24.3 Å². The molecule has 90 valence electrons. The number of methoxy groups -OCH3 is 1. The van der Waals surface area contributed by atoms with E-state index in [4.69, 9.17) is 10.5 Å². The second-order valence-electron chi connectivity index (χ2n) is 3.53. The predicted octanol–water partition coefficient (Wildman–Crippen LogP) is 3.18. The highest BCUT2D eigenvalue weighted by Gasteiger charge is 2.11. The summed E-state index contributed by atoms with van der Waals surface area (Å²) >= 11 is 5.05. The van der Waals surface area contributed by atoms with Crippen LogP contribution in [0.5, 0.6) is 0 Å². The third-order valence-corrected chi connectivity index (χ3v) is 4.03. The summed E-state index contributed by atoms with van der Waals surface area (Å²) in [5.74, 6) is 0. The zero-order valence-electron chi connectivity index (χ0n) is 9.44. The summed E-state index contributed by atoms with van der Waals surface area (Å²) in [6.45, 7) is 1.02.